The van der Waals surface area contributed by atoms with Crippen LogP contribution in [0.3, 0.4) is 0 Å². The summed E-state index contributed by atoms with van der Waals surface area (Å²) in [5.74, 6) is -0.228. The Balaban J connectivity index is 1.22. The van der Waals surface area contributed by atoms with Crippen molar-refractivity contribution in [3.8, 4) is 55.6 Å². The number of hydrogen-bond donors (Lipinski definition) is 0. The van der Waals surface area contributed by atoms with Gasteiger partial charge in [0.25, 0.3) is 0 Å². The van der Waals surface area contributed by atoms with Crippen LogP contribution in [-0.2, 0) is 0 Å². The quantitative estimate of drug-likeness (QED) is 0.172. The van der Waals surface area contributed by atoms with E-state index in [0.29, 0.717) is 0 Å². The summed E-state index contributed by atoms with van der Waals surface area (Å²) in [5, 5.41) is 7.39. The van der Waals surface area contributed by atoms with Crippen LogP contribution in [0.1, 0.15) is 0 Å². The van der Waals surface area contributed by atoms with Crippen molar-refractivity contribution in [2.45, 2.75) is 0 Å². The van der Waals surface area contributed by atoms with Crippen molar-refractivity contribution < 1.29 is 4.39 Å². The monoisotopic (exact) mass is 600 g/mol. The molecule has 0 spiro atoms. The van der Waals surface area contributed by atoms with E-state index >= 15 is 0 Å². The van der Waals surface area contributed by atoms with Gasteiger partial charge in [0.15, 0.2) is 0 Å². The molecule has 47 heavy (non-hydrogen) atoms. The summed E-state index contributed by atoms with van der Waals surface area (Å²) in [6, 6.07) is 61.6. The summed E-state index contributed by atoms with van der Waals surface area (Å²) in [6.07, 6.45) is 0. The van der Waals surface area contributed by atoms with Crippen molar-refractivity contribution in [1.29, 1.82) is 0 Å². The predicted molar refractivity (Wildman–Crippen MR) is 197 cm³/mol. The summed E-state index contributed by atoms with van der Waals surface area (Å²) < 4.78 is 14.0. The Morgan fingerprint density at radius 1 is 0.277 bits per heavy atom. The molecule has 1 heteroatoms. The molecule has 0 heterocycles. The molecule has 0 N–H and O–H groups in total. The minimum Gasteiger partial charge on any atom is -0.207 e. The number of benzene rings is 9. The molecule has 0 nitrogen and oxygen atoms in total. The maximum atomic E-state index is 14.0. The van der Waals surface area contributed by atoms with Crippen LogP contribution in [0, 0.1) is 5.82 Å². The van der Waals surface area contributed by atoms with Gasteiger partial charge in [0.2, 0.25) is 0 Å². The molecule has 0 aliphatic carbocycles. The third-order valence-electron chi connectivity index (χ3n) is 9.48. The molecular formula is C46H29F. The Bertz CT molecular complexity index is 2460. The number of hydrogen-bond acceptors (Lipinski definition) is 0. The van der Waals surface area contributed by atoms with Crippen LogP contribution in [0.25, 0.3) is 88.0 Å². The molecule has 0 radical (unpaired) electrons. The molecule has 0 fully saturated rings. The van der Waals surface area contributed by atoms with Crippen LogP contribution in [0.5, 0.6) is 0 Å². The second-order valence-electron chi connectivity index (χ2n) is 12.3. The Hall–Kier alpha value is -6.05. The van der Waals surface area contributed by atoms with Crippen molar-refractivity contribution in [3.05, 3.63) is 182 Å². The molecule has 0 saturated heterocycles. The van der Waals surface area contributed by atoms with Crippen molar-refractivity contribution in [1.82, 2.24) is 0 Å². The zero-order valence-electron chi connectivity index (χ0n) is 25.6. The zero-order valence-corrected chi connectivity index (χ0v) is 25.6. The van der Waals surface area contributed by atoms with Gasteiger partial charge in [-0.2, -0.15) is 0 Å². The van der Waals surface area contributed by atoms with Crippen LogP contribution >= 0.6 is 0 Å². The largest absolute Gasteiger partial charge is 0.207 e. The maximum Gasteiger partial charge on any atom is 0.123 e. The molecule has 0 amide bonds. The van der Waals surface area contributed by atoms with Gasteiger partial charge in [-0.05, 0) is 124 Å². The van der Waals surface area contributed by atoms with E-state index in [4.69, 9.17) is 0 Å². The highest BCUT2D eigenvalue weighted by molar-refractivity contribution is 6.28. The first-order valence-corrected chi connectivity index (χ1v) is 16.0. The highest BCUT2D eigenvalue weighted by atomic mass is 19.1. The highest BCUT2D eigenvalue weighted by Crippen LogP contribution is 2.44. The molecule has 0 aliphatic heterocycles. The van der Waals surface area contributed by atoms with Gasteiger partial charge in [0, 0.05) is 0 Å². The van der Waals surface area contributed by atoms with E-state index in [1.54, 1.807) is 12.1 Å². The first-order valence-electron chi connectivity index (χ1n) is 16.0. The Morgan fingerprint density at radius 2 is 0.702 bits per heavy atom. The van der Waals surface area contributed by atoms with E-state index in [0.717, 1.165) is 16.7 Å². The van der Waals surface area contributed by atoms with E-state index in [1.165, 1.54) is 71.3 Å². The SMILES string of the molecule is Fc1ccc(-c2cc(-c3ccc(-c4cc(-c5ccccc5)cc(-c5ccccc5)c4)cc3)c3ccc4cccc5ccc2c3c54)cc1. The van der Waals surface area contributed by atoms with Crippen LogP contribution in [0.15, 0.2) is 176 Å². The van der Waals surface area contributed by atoms with Gasteiger partial charge >= 0.3 is 0 Å². The maximum absolute atomic E-state index is 14.0. The van der Waals surface area contributed by atoms with Crippen LogP contribution in [-0.4, -0.2) is 0 Å². The van der Waals surface area contributed by atoms with E-state index in [-0.39, 0.29) is 5.82 Å². The van der Waals surface area contributed by atoms with E-state index < -0.39 is 0 Å². The molecule has 0 saturated carbocycles. The summed E-state index contributed by atoms with van der Waals surface area (Å²) in [7, 11) is 0. The lowest BCUT2D eigenvalue weighted by molar-refractivity contribution is 0.628. The molecule has 9 rings (SSSR count). The minimum absolute atomic E-state index is 0.228. The molecule has 0 aromatic heterocycles. The van der Waals surface area contributed by atoms with Crippen LogP contribution in [0.4, 0.5) is 4.39 Å². The third-order valence-corrected chi connectivity index (χ3v) is 9.48. The van der Waals surface area contributed by atoms with Gasteiger partial charge in [0.1, 0.15) is 5.82 Å². The predicted octanol–water partition coefficient (Wildman–Crippen LogP) is 13.1. The smallest absolute Gasteiger partial charge is 0.123 e. The second-order valence-corrected chi connectivity index (χ2v) is 12.3. The summed E-state index contributed by atoms with van der Waals surface area (Å²) in [4.78, 5) is 0. The van der Waals surface area contributed by atoms with Gasteiger partial charge < -0.3 is 0 Å². The molecule has 9 aromatic carbocycles. The summed E-state index contributed by atoms with van der Waals surface area (Å²) in [5.41, 5.74) is 11.6. The Kier molecular flexibility index (Phi) is 6.43. The van der Waals surface area contributed by atoms with Crippen LogP contribution in [0.2, 0.25) is 0 Å². The fourth-order valence-electron chi connectivity index (χ4n) is 7.17. The first-order chi connectivity index (χ1) is 23.2. The standard InChI is InChI=1S/C46H29F/c47-40-22-18-34(19-23-40)44-29-43(41-24-20-35-12-7-13-36-21-25-42(44)46(41)45(35)36)33-16-14-32(15-17-33)39-27-37(30-8-3-1-4-9-30)26-38(28-39)31-10-5-2-6-11-31/h1-29H. The van der Waals surface area contributed by atoms with Crippen molar-refractivity contribution >= 4 is 32.3 Å². The van der Waals surface area contributed by atoms with Gasteiger partial charge in [0.05, 0.1) is 0 Å². The van der Waals surface area contributed by atoms with E-state index in [2.05, 4.69) is 152 Å². The first kappa shape index (κ1) is 27.3. The second kappa shape index (κ2) is 11.1. The fraction of sp³-hybridized carbons (Fsp3) is 0. The van der Waals surface area contributed by atoms with Crippen LogP contribution < -0.4 is 0 Å². The molecule has 220 valence electrons. The Labute approximate surface area is 273 Å². The van der Waals surface area contributed by atoms with Gasteiger partial charge in [-0.25, -0.2) is 4.39 Å². The Morgan fingerprint density at radius 3 is 1.19 bits per heavy atom. The average Bonchev–Trinajstić information content (AvgIpc) is 3.14. The van der Waals surface area contributed by atoms with Crippen molar-refractivity contribution in [2.24, 2.45) is 0 Å². The highest BCUT2D eigenvalue weighted by Gasteiger charge is 2.17. The molecule has 0 unspecified atom stereocenters. The molecule has 9 aromatic rings. The lowest BCUT2D eigenvalue weighted by Gasteiger charge is -2.18. The topological polar surface area (TPSA) is 0 Å². The number of rotatable bonds is 5. The normalized spacial score (nSPS) is 11.5. The zero-order chi connectivity index (χ0) is 31.3. The van der Waals surface area contributed by atoms with E-state index in [1.807, 2.05) is 12.1 Å². The lowest BCUT2D eigenvalue weighted by atomic mass is 9.85. The van der Waals surface area contributed by atoms with Crippen molar-refractivity contribution in [2.75, 3.05) is 0 Å². The molecule has 0 aliphatic rings. The number of halogens is 1. The lowest BCUT2D eigenvalue weighted by Crippen LogP contribution is -1.91. The molecule has 0 atom stereocenters. The van der Waals surface area contributed by atoms with Gasteiger partial charge in [-0.15, -0.1) is 0 Å². The molecule has 0 bridgehead atoms. The average molecular weight is 601 g/mol. The van der Waals surface area contributed by atoms with E-state index in [9.17, 15) is 4.39 Å². The van der Waals surface area contributed by atoms with Crippen molar-refractivity contribution in [3.63, 3.8) is 0 Å². The summed E-state index contributed by atoms with van der Waals surface area (Å²) >= 11 is 0. The third kappa shape index (κ3) is 4.76. The van der Waals surface area contributed by atoms with Gasteiger partial charge in [-0.3, -0.25) is 0 Å². The van der Waals surface area contributed by atoms with Gasteiger partial charge in [-0.1, -0.05) is 140 Å². The molecular weight excluding hydrogens is 572 g/mol. The minimum atomic E-state index is -0.228. The summed E-state index contributed by atoms with van der Waals surface area (Å²) in [6.45, 7) is 0. The fourth-order valence-corrected chi connectivity index (χ4v) is 7.17.